The van der Waals surface area contributed by atoms with Crippen LogP contribution in [-0.4, -0.2) is 50.4 Å². The lowest BCUT2D eigenvalue weighted by Gasteiger charge is -2.34. The SMILES string of the molecule is CC(C)C(=O)NCc1nnn2c1COC1(CCN(C(=O)C3CCCCC3)C1)C2. The second-order valence-corrected chi connectivity index (χ2v) is 8.83. The van der Waals surface area contributed by atoms with Gasteiger partial charge in [0.15, 0.2) is 0 Å². The van der Waals surface area contributed by atoms with Crippen LogP contribution in [0.15, 0.2) is 0 Å². The van der Waals surface area contributed by atoms with Gasteiger partial charge in [0.05, 0.1) is 31.9 Å². The van der Waals surface area contributed by atoms with Crippen molar-refractivity contribution in [3.8, 4) is 0 Å². The summed E-state index contributed by atoms with van der Waals surface area (Å²) < 4.78 is 8.16. The van der Waals surface area contributed by atoms with Crippen LogP contribution in [-0.2, 0) is 34.0 Å². The topological polar surface area (TPSA) is 89.3 Å². The smallest absolute Gasteiger partial charge is 0.225 e. The molecule has 8 nitrogen and oxygen atoms in total. The maximum atomic E-state index is 12.9. The molecule has 1 atom stereocenters. The highest BCUT2D eigenvalue weighted by Gasteiger charge is 2.45. The monoisotopic (exact) mass is 389 g/mol. The standard InChI is InChI=1S/C20H31N5O3/c1-14(2)18(26)21-10-16-17-11-28-20(13-25(17)23-22-16)8-9-24(12-20)19(27)15-6-4-3-5-7-15/h14-15H,3-13H2,1-2H3,(H,21,26). The van der Waals surface area contributed by atoms with E-state index in [0.29, 0.717) is 32.1 Å². The van der Waals surface area contributed by atoms with E-state index < -0.39 is 0 Å². The van der Waals surface area contributed by atoms with Crippen LogP contribution in [0.5, 0.6) is 0 Å². The zero-order valence-corrected chi connectivity index (χ0v) is 16.9. The molecule has 0 aromatic carbocycles. The van der Waals surface area contributed by atoms with Crippen molar-refractivity contribution in [2.24, 2.45) is 11.8 Å². The van der Waals surface area contributed by atoms with Crippen molar-refractivity contribution in [3.63, 3.8) is 0 Å². The van der Waals surface area contributed by atoms with E-state index in [2.05, 4.69) is 15.6 Å². The van der Waals surface area contributed by atoms with Crippen molar-refractivity contribution in [2.45, 2.75) is 77.7 Å². The minimum atomic E-state index is -0.358. The first-order valence-electron chi connectivity index (χ1n) is 10.6. The summed E-state index contributed by atoms with van der Waals surface area (Å²) in [5, 5.41) is 11.4. The average Bonchev–Trinajstić information content (AvgIpc) is 3.30. The number of rotatable bonds is 4. The van der Waals surface area contributed by atoms with Crippen LogP contribution in [0, 0.1) is 11.8 Å². The van der Waals surface area contributed by atoms with Gasteiger partial charge < -0.3 is 15.0 Å². The lowest BCUT2D eigenvalue weighted by molar-refractivity contribution is -0.138. The predicted molar refractivity (Wildman–Crippen MR) is 102 cm³/mol. The lowest BCUT2D eigenvalue weighted by Crippen LogP contribution is -2.46. The molecule has 1 aliphatic carbocycles. The highest BCUT2D eigenvalue weighted by Crippen LogP contribution is 2.35. The number of likely N-dealkylation sites (tertiary alicyclic amines) is 1. The third-order valence-corrected chi connectivity index (χ3v) is 6.41. The molecular formula is C20H31N5O3. The van der Waals surface area contributed by atoms with Crippen molar-refractivity contribution >= 4 is 11.8 Å². The number of carbonyl (C=O) groups excluding carboxylic acids is 2. The van der Waals surface area contributed by atoms with Crippen molar-refractivity contribution in [1.82, 2.24) is 25.2 Å². The van der Waals surface area contributed by atoms with Gasteiger partial charge in [-0.15, -0.1) is 5.10 Å². The number of aromatic nitrogens is 3. The molecule has 4 rings (SSSR count). The fourth-order valence-corrected chi connectivity index (χ4v) is 4.59. The van der Waals surface area contributed by atoms with Gasteiger partial charge in [0, 0.05) is 18.4 Å². The Morgan fingerprint density at radius 3 is 2.79 bits per heavy atom. The molecule has 28 heavy (non-hydrogen) atoms. The fourth-order valence-electron chi connectivity index (χ4n) is 4.59. The van der Waals surface area contributed by atoms with Gasteiger partial charge in [-0.25, -0.2) is 4.68 Å². The highest BCUT2D eigenvalue weighted by molar-refractivity contribution is 5.79. The quantitative estimate of drug-likeness (QED) is 0.845. The van der Waals surface area contributed by atoms with Crippen molar-refractivity contribution in [1.29, 1.82) is 0 Å². The zero-order valence-electron chi connectivity index (χ0n) is 16.9. The first-order chi connectivity index (χ1) is 13.5. The normalized spacial score (nSPS) is 25.3. The van der Waals surface area contributed by atoms with Gasteiger partial charge in [0.1, 0.15) is 11.3 Å². The number of hydrogen-bond donors (Lipinski definition) is 1. The maximum Gasteiger partial charge on any atom is 0.225 e. The van der Waals surface area contributed by atoms with E-state index in [0.717, 1.165) is 37.2 Å². The second kappa shape index (κ2) is 7.81. The number of hydrogen-bond acceptors (Lipinski definition) is 5. The predicted octanol–water partition coefficient (Wildman–Crippen LogP) is 1.63. The summed E-state index contributed by atoms with van der Waals surface area (Å²) in [5.74, 6) is 0.451. The molecule has 0 radical (unpaired) electrons. The van der Waals surface area contributed by atoms with E-state index in [-0.39, 0.29) is 23.3 Å². The molecule has 3 aliphatic rings. The van der Waals surface area contributed by atoms with E-state index in [4.69, 9.17) is 4.74 Å². The molecule has 2 aliphatic heterocycles. The number of carbonyl (C=O) groups is 2. The molecule has 1 unspecified atom stereocenters. The van der Waals surface area contributed by atoms with Crippen molar-refractivity contribution in [3.05, 3.63) is 11.4 Å². The molecular weight excluding hydrogens is 358 g/mol. The molecule has 3 heterocycles. The summed E-state index contributed by atoms with van der Waals surface area (Å²) >= 11 is 0. The molecule has 1 saturated heterocycles. The van der Waals surface area contributed by atoms with Gasteiger partial charge in [-0.3, -0.25) is 9.59 Å². The molecule has 8 heteroatoms. The van der Waals surface area contributed by atoms with Crippen LogP contribution in [0.3, 0.4) is 0 Å². The largest absolute Gasteiger partial charge is 0.365 e. The molecule has 1 aromatic heterocycles. The van der Waals surface area contributed by atoms with Crippen LogP contribution < -0.4 is 5.32 Å². The lowest BCUT2D eigenvalue weighted by atomic mass is 9.88. The van der Waals surface area contributed by atoms with Gasteiger partial charge in [0.2, 0.25) is 11.8 Å². The minimum Gasteiger partial charge on any atom is -0.365 e. The van der Waals surface area contributed by atoms with E-state index >= 15 is 0 Å². The molecule has 154 valence electrons. The summed E-state index contributed by atoms with van der Waals surface area (Å²) in [6.07, 6.45) is 6.49. The van der Waals surface area contributed by atoms with Crippen molar-refractivity contribution in [2.75, 3.05) is 13.1 Å². The Kier molecular flexibility index (Phi) is 5.40. The third kappa shape index (κ3) is 3.79. The number of fused-ring (bicyclic) bond motifs is 1. The van der Waals surface area contributed by atoms with E-state index in [1.807, 2.05) is 23.4 Å². The van der Waals surface area contributed by atoms with E-state index in [9.17, 15) is 9.59 Å². The third-order valence-electron chi connectivity index (χ3n) is 6.41. The van der Waals surface area contributed by atoms with Gasteiger partial charge in [-0.1, -0.05) is 38.3 Å². The number of nitrogens with zero attached hydrogens (tertiary/aromatic N) is 4. The molecule has 1 saturated carbocycles. The van der Waals surface area contributed by atoms with Gasteiger partial charge in [-0.05, 0) is 19.3 Å². The molecule has 0 bridgehead atoms. The Hall–Kier alpha value is -1.96. The van der Waals surface area contributed by atoms with E-state index in [1.165, 1.54) is 19.3 Å². The Labute approximate surface area is 166 Å². The van der Waals surface area contributed by atoms with E-state index in [1.54, 1.807) is 0 Å². The van der Waals surface area contributed by atoms with Crippen molar-refractivity contribution < 1.29 is 14.3 Å². The average molecular weight is 390 g/mol. The molecule has 1 N–H and O–H groups in total. The molecule has 1 aromatic rings. The summed E-state index contributed by atoms with van der Waals surface area (Å²) in [5.41, 5.74) is 1.33. The number of nitrogens with one attached hydrogen (secondary N) is 1. The first-order valence-corrected chi connectivity index (χ1v) is 10.6. The summed E-state index contributed by atoms with van der Waals surface area (Å²) in [4.78, 5) is 26.7. The summed E-state index contributed by atoms with van der Waals surface area (Å²) in [6.45, 7) is 6.53. The van der Waals surface area contributed by atoms with Crippen LogP contribution in [0.4, 0.5) is 0 Å². The van der Waals surface area contributed by atoms with Crippen LogP contribution in [0.1, 0.15) is 63.8 Å². The fraction of sp³-hybridized carbons (Fsp3) is 0.800. The van der Waals surface area contributed by atoms with Gasteiger partial charge in [0.25, 0.3) is 0 Å². The Morgan fingerprint density at radius 1 is 1.25 bits per heavy atom. The Bertz CT molecular complexity index is 740. The number of amides is 2. The second-order valence-electron chi connectivity index (χ2n) is 8.83. The summed E-state index contributed by atoms with van der Waals surface area (Å²) in [6, 6.07) is 0. The summed E-state index contributed by atoms with van der Waals surface area (Å²) in [7, 11) is 0. The highest BCUT2D eigenvalue weighted by atomic mass is 16.5. The Morgan fingerprint density at radius 2 is 2.04 bits per heavy atom. The first kappa shape index (κ1) is 19.4. The zero-order chi connectivity index (χ0) is 19.7. The van der Waals surface area contributed by atoms with Gasteiger partial charge >= 0.3 is 0 Å². The molecule has 1 spiro atoms. The molecule has 2 fully saturated rings. The minimum absolute atomic E-state index is 0.00241. The number of ether oxygens (including phenoxy) is 1. The maximum absolute atomic E-state index is 12.9. The van der Waals surface area contributed by atoms with Gasteiger partial charge in [-0.2, -0.15) is 0 Å². The molecule has 2 amide bonds. The van der Waals surface area contributed by atoms with Crippen LogP contribution in [0.25, 0.3) is 0 Å². The van der Waals surface area contributed by atoms with Crippen LogP contribution in [0.2, 0.25) is 0 Å². The Balaban J connectivity index is 1.38. The van der Waals surface area contributed by atoms with Crippen LogP contribution >= 0.6 is 0 Å².